The predicted octanol–water partition coefficient (Wildman–Crippen LogP) is 3.25. The van der Waals surface area contributed by atoms with Crippen molar-refractivity contribution in [3.63, 3.8) is 0 Å². The van der Waals surface area contributed by atoms with E-state index in [0.29, 0.717) is 0 Å². The molecule has 1 aromatic carbocycles. The standard InChI is InChI=1S/C14H17NO/c1-9-4-10(2)6-12(5-9)14(15)13-7-11(3)16-8-13/h4-8,14H,15H2,1-3H3. The van der Waals surface area contributed by atoms with Crippen molar-refractivity contribution in [3.05, 3.63) is 58.5 Å². The Bertz CT molecular complexity index is 479. The van der Waals surface area contributed by atoms with E-state index in [2.05, 4.69) is 32.0 Å². The summed E-state index contributed by atoms with van der Waals surface area (Å²) < 4.78 is 5.29. The zero-order valence-corrected chi connectivity index (χ0v) is 9.95. The van der Waals surface area contributed by atoms with E-state index >= 15 is 0 Å². The van der Waals surface area contributed by atoms with Gasteiger partial charge in [-0.25, -0.2) is 0 Å². The van der Waals surface area contributed by atoms with Gasteiger partial charge in [0.1, 0.15) is 5.76 Å². The third-order valence-corrected chi connectivity index (χ3v) is 2.71. The van der Waals surface area contributed by atoms with Gasteiger partial charge in [-0.15, -0.1) is 0 Å². The molecule has 0 saturated heterocycles. The highest BCUT2D eigenvalue weighted by atomic mass is 16.3. The summed E-state index contributed by atoms with van der Waals surface area (Å²) in [5.74, 6) is 0.898. The summed E-state index contributed by atoms with van der Waals surface area (Å²) >= 11 is 0. The van der Waals surface area contributed by atoms with E-state index in [1.165, 1.54) is 11.1 Å². The van der Waals surface area contributed by atoms with Crippen molar-refractivity contribution < 1.29 is 4.42 Å². The molecule has 0 aliphatic heterocycles. The van der Waals surface area contributed by atoms with Crippen molar-refractivity contribution in [1.82, 2.24) is 0 Å². The normalized spacial score (nSPS) is 12.8. The van der Waals surface area contributed by atoms with Gasteiger partial charge in [-0.3, -0.25) is 0 Å². The van der Waals surface area contributed by atoms with Crippen LogP contribution >= 0.6 is 0 Å². The average Bonchev–Trinajstić information content (AvgIpc) is 2.62. The van der Waals surface area contributed by atoms with Gasteiger partial charge in [-0.1, -0.05) is 29.3 Å². The van der Waals surface area contributed by atoms with Crippen molar-refractivity contribution in [2.75, 3.05) is 0 Å². The summed E-state index contributed by atoms with van der Waals surface area (Å²) in [4.78, 5) is 0. The fourth-order valence-corrected chi connectivity index (χ4v) is 2.01. The van der Waals surface area contributed by atoms with Crippen molar-refractivity contribution in [2.45, 2.75) is 26.8 Å². The minimum Gasteiger partial charge on any atom is -0.469 e. The quantitative estimate of drug-likeness (QED) is 0.835. The molecular weight excluding hydrogens is 198 g/mol. The van der Waals surface area contributed by atoms with Crippen LogP contribution in [0.3, 0.4) is 0 Å². The van der Waals surface area contributed by atoms with Crippen LogP contribution in [0.15, 0.2) is 34.9 Å². The van der Waals surface area contributed by atoms with Crippen molar-refractivity contribution in [2.24, 2.45) is 5.73 Å². The third kappa shape index (κ3) is 2.17. The lowest BCUT2D eigenvalue weighted by molar-refractivity contribution is 0.530. The summed E-state index contributed by atoms with van der Waals surface area (Å²) in [7, 11) is 0. The largest absolute Gasteiger partial charge is 0.469 e. The number of hydrogen-bond donors (Lipinski definition) is 1. The predicted molar refractivity (Wildman–Crippen MR) is 65.4 cm³/mol. The SMILES string of the molecule is Cc1cc(C)cc(C(N)c2coc(C)c2)c1. The van der Waals surface area contributed by atoms with Crippen LogP contribution in [0, 0.1) is 20.8 Å². The van der Waals surface area contributed by atoms with Gasteiger partial charge in [0.2, 0.25) is 0 Å². The highest BCUT2D eigenvalue weighted by molar-refractivity contribution is 5.35. The third-order valence-electron chi connectivity index (χ3n) is 2.71. The van der Waals surface area contributed by atoms with Crippen LogP contribution in [0.1, 0.15) is 34.1 Å². The summed E-state index contributed by atoms with van der Waals surface area (Å²) in [6.45, 7) is 6.10. The molecule has 0 aliphatic carbocycles. The minimum atomic E-state index is -0.101. The molecule has 16 heavy (non-hydrogen) atoms. The molecule has 2 aromatic rings. The first kappa shape index (κ1) is 11.0. The monoisotopic (exact) mass is 215 g/mol. The van der Waals surface area contributed by atoms with Gasteiger partial charge in [0.05, 0.1) is 12.3 Å². The highest BCUT2D eigenvalue weighted by Gasteiger charge is 2.11. The van der Waals surface area contributed by atoms with Gasteiger partial charge in [-0.05, 0) is 32.4 Å². The Morgan fingerprint density at radius 2 is 1.56 bits per heavy atom. The number of benzene rings is 1. The topological polar surface area (TPSA) is 39.2 Å². The van der Waals surface area contributed by atoms with E-state index in [0.717, 1.165) is 16.9 Å². The smallest absolute Gasteiger partial charge is 0.101 e. The average molecular weight is 215 g/mol. The van der Waals surface area contributed by atoms with Gasteiger partial charge in [0.25, 0.3) is 0 Å². The molecule has 2 N–H and O–H groups in total. The minimum absolute atomic E-state index is 0.101. The number of nitrogens with two attached hydrogens (primary N) is 1. The fourth-order valence-electron chi connectivity index (χ4n) is 2.01. The molecule has 1 unspecified atom stereocenters. The number of aryl methyl sites for hydroxylation is 3. The Hall–Kier alpha value is -1.54. The summed E-state index contributed by atoms with van der Waals surface area (Å²) in [5.41, 5.74) is 10.9. The summed E-state index contributed by atoms with van der Waals surface area (Å²) in [6, 6.07) is 8.29. The molecule has 2 rings (SSSR count). The van der Waals surface area contributed by atoms with Crippen LogP contribution < -0.4 is 5.73 Å². The highest BCUT2D eigenvalue weighted by Crippen LogP contribution is 2.23. The lowest BCUT2D eigenvalue weighted by Crippen LogP contribution is -2.11. The maximum absolute atomic E-state index is 6.21. The van der Waals surface area contributed by atoms with Gasteiger partial charge in [0.15, 0.2) is 0 Å². The summed E-state index contributed by atoms with van der Waals surface area (Å²) in [6.07, 6.45) is 1.73. The van der Waals surface area contributed by atoms with E-state index in [9.17, 15) is 0 Å². The second-order valence-electron chi connectivity index (χ2n) is 4.39. The Morgan fingerprint density at radius 3 is 2.06 bits per heavy atom. The zero-order valence-electron chi connectivity index (χ0n) is 9.95. The van der Waals surface area contributed by atoms with E-state index in [1.807, 2.05) is 13.0 Å². The first-order valence-electron chi connectivity index (χ1n) is 5.45. The first-order valence-corrected chi connectivity index (χ1v) is 5.45. The number of hydrogen-bond acceptors (Lipinski definition) is 2. The van der Waals surface area contributed by atoms with Crippen LogP contribution in [0.4, 0.5) is 0 Å². The molecule has 0 saturated carbocycles. The Balaban J connectivity index is 2.37. The van der Waals surface area contributed by atoms with E-state index in [1.54, 1.807) is 6.26 Å². The van der Waals surface area contributed by atoms with Gasteiger partial charge < -0.3 is 10.2 Å². The van der Waals surface area contributed by atoms with Crippen LogP contribution in [-0.2, 0) is 0 Å². The van der Waals surface area contributed by atoms with Gasteiger partial charge in [-0.2, -0.15) is 0 Å². The number of furan rings is 1. The molecule has 0 amide bonds. The zero-order chi connectivity index (χ0) is 11.7. The van der Waals surface area contributed by atoms with Crippen LogP contribution in [-0.4, -0.2) is 0 Å². The van der Waals surface area contributed by atoms with Crippen LogP contribution in [0.25, 0.3) is 0 Å². The molecule has 1 atom stereocenters. The molecule has 2 nitrogen and oxygen atoms in total. The van der Waals surface area contributed by atoms with Gasteiger partial charge in [0, 0.05) is 5.56 Å². The van der Waals surface area contributed by atoms with Crippen LogP contribution in [0.2, 0.25) is 0 Å². The second kappa shape index (κ2) is 4.14. The Morgan fingerprint density at radius 1 is 0.938 bits per heavy atom. The molecule has 1 heterocycles. The Labute approximate surface area is 96.1 Å². The van der Waals surface area contributed by atoms with Crippen molar-refractivity contribution in [1.29, 1.82) is 0 Å². The molecule has 0 radical (unpaired) electrons. The summed E-state index contributed by atoms with van der Waals surface area (Å²) in [5, 5.41) is 0. The Kier molecular flexibility index (Phi) is 2.84. The molecule has 1 aromatic heterocycles. The molecular formula is C14H17NO. The molecule has 84 valence electrons. The molecule has 0 fully saturated rings. The molecule has 0 aliphatic rings. The lowest BCUT2D eigenvalue weighted by Gasteiger charge is -2.11. The number of rotatable bonds is 2. The van der Waals surface area contributed by atoms with E-state index < -0.39 is 0 Å². The van der Waals surface area contributed by atoms with Crippen molar-refractivity contribution >= 4 is 0 Å². The maximum Gasteiger partial charge on any atom is 0.101 e. The molecule has 2 heteroatoms. The second-order valence-corrected chi connectivity index (χ2v) is 4.39. The fraction of sp³-hybridized carbons (Fsp3) is 0.286. The first-order chi connectivity index (χ1) is 7.56. The van der Waals surface area contributed by atoms with E-state index in [4.69, 9.17) is 10.2 Å². The lowest BCUT2D eigenvalue weighted by atomic mass is 9.98. The maximum atomic E-state index is 6.21. The van der Waals surface area contributed by atoms with Gasteiger partial charge >= 0.3 is 0 Å². The molecule has 0 spiro atoms. The van der Waals surface area contributed by atoms with Crippen LogP contribution in [0.5, 0.6) is 0 Å². The van der Waals surface area contributed by atoms with Crippen molar-refractivity contribution in [3.8, 4) is 0 Å². The van der Waals surface area contributed by atoms with E-state index in [-0.39, 0.29) is 6.04 Å². The molecule has 0 bridgehead atoms.